The number of nitrogens with zero attached hydrogens (tertiary/aromatic N) is 1. The van der Waals surface area contributed by atoms with E-state index in [0.29, 0.717) is 13.0 Å². The number of rotatable bonds is 4. The molecule has 5 nitrogen and oxygen atoms in total. The summed E-state index contributed by atoms with van der Waals surface area (Å²) in [6, 6.07) is 0. The second-order valence-corrected chi connectivity index (χ2v) is 5.02. The number of carbonyl (C=O) groups is 2. The summed E-state index contributed by atoms with van der Waals surface area (Å²) >= 11 is 0. The number of hydrogen-bond donors (Lipinski definition) is 2. The van der Waals surface area contributed by atoms with E-state index in [4.69, 9.17) is 5.11 Å². The molecular formula is C11H20N2O3. The van der Waals surface area contributed by atoms with Gasteiger partial charge in [-0.05, 0) is 20.3 Å². The zero-order valence-corrected chi connectivity index (χ0v) is 10.1. The van der Waals surface area contributed by atoms with Crippen LogP contribution >= 0.6 is 0 Å². The number of likely N-dealkylation sites (tertiary alicyclic amines) is 1. The number of carbonyl (C=O) groups excluding carboxylic acids is 2. The Morgan fingerprint density at radius 1 is 1.62 bits per heavy atom. The highest BCUT2D eigenvalue weighted by atomic mass is 16.3. The fourth-order valence-corrected chi connectivity index (χ4v) is 1.82. The van der Waals surface area contributed by atoms with Crippen LogP contribution in [0, 0.1) is 5.92 Å². The maximum Gasteiger partial charge on any atom is 0.225 e. The van der Waals surface area contributed by atoms with E-state index in [2.05, 4.69) is 5.32 Å². The van der Waals surface area contributed by atoms with Gasteiger partial charge in [-0.3, -0.25) is 9.59 Å². The molecule has 1 saturated heterocycles. The minimum Gasteiger partial charge on any atom is -0.396 e. The van der Waals surface area contributed by atoms with E-state index in [0.717, 1.165) is 0 Å². The van der Waals surface area contributed by atoms with Crippen molar-refractivity contribution in [2.45, 2.75) is 32.2 Å². The highest BCUT2D eigenvalue weighted by Crippen LogP contribution is 2.18. The lowest BCUT2D eigenvalue weighted by atomic mass is 9.99. The van der Waals surface area contributed by atoms with Gasteiger partial charge in [0.2, 0.25) is 11.8 Å². The Morgan fingerprint density at radius 2 is 2.25 bits per heavy atom. The normalized spacial score (nSPS) is 21.4. The molecule has 1 rings (SSSR count). The molecule has 1 heterocycles. The number of aliphatic hydroxyl groups excluding tert-OH is 1. The Kier molecular flexibility index (Phi) is 3.91. The molecule has 0 saturated carbocycles. The molecule has 5 heteroatoms. The van der Waals surface area contributed by atoms with Crippen LogP contribution in [0.2, 0.25) is 0 Å². The molecule has 1 fully saturated rings. The molecule has 92 valence electrons. The zero-order chi connectivity index (χ0) is 12.3. The van der Waals surface area contributed by atoms with Crippen LogP contribution in [0.5, 0.6) is 0 Å². The quantitative estimate of drug-likeness (QED) is 0.696. The molecule has 1 atom stereocenters. The third-order valence-corrected chi connectivity index (χ3v) is 2.91. The third-order valence-electron chi connectivity index (χ3n) is 2.91. The van der Waals surface area contributed by atoms with Crippen LogP contribution in [-0.4, -0.2) is 47.6 Å². The maximum absolute atomic E-state index is 11.9. The predicted molar refractivity (Wildman–Crippen MR) is 59.7 cm³/mol. The monoisotopic (exact) mass is 228 g/mol. The van der Waals surface area contributed by atoms with Crippen molar-refractivity contribution in [3.63, 3.8) is 0 Å². The molecule has 2 N–H and O–H groups in total. The van der Waals surface area contributed by atoms with Gasteiger partial charge >= 0.3 is 0 Å². The second-order valence-electron chi connectivity index (χ2n) is 5.02. The summed E-state index contributed by atoms with van der Waals surface area (Å²) in [6.07, 6.45) is 0.798. The number of nitrogens with one attached hydrogen (secondary N) is 1. The van der Waals surface area contributed by atoms with E-state index < -0.39 is 5.54 Å². The van der Waals surface area contributed by atoms with Gasteiger partial charge in [-0.1, -0.05) is 0 Å². The fraction of sp³-hybridized carbons (Fsp3) is 0.818. The summed E-state index contributed by atoms with van der Waals surface area (Å²) in [5, 5.41) is 11.7. The van der Waals surface area contributed by atoms with Crippen LogP contribution in [0.4, 0.5) is 0 Å². The van der Waals surface area contributed by atoms with Gasteiger partial charge in [-0.2, -0.15) is 0 Å². The first kappa shape index (κ1) is 13.0. The zero-order valence-electron chi connectivity index (χ0n) is 10.1. The smallest absolute Gasteiger partial charge is 0.225 e. The SMILES string of the molecule is CN1CC(C(=O)NC(C)(C)CCO)CC1=O. The largest absolute Gasteiger partial charge is 0.396 e. The molecule has 0 radical (unpaired) electrons. The molecular weight excluding hydrogens is 208 g/mol. The first-order chi connectivity index (χ1) is 7.35. The van der Waals surface area contributed by atoms with Gasteiger partial charge in [0.1, 0.15) is 0 Å². The average molecular weight is 228 g/mol. The van der Waals surface area contributed by atoms with Crippen LogP contribution in [-0.2, 0) is 9.59 Å². The first-order valence-electron chi connectivity index (χ1n) is 5.52. The number of amides is 2. The highest BCUT2D eigenvalue weighted by Gasteiger charge is 2.34. The van der Waals surface area contributed by atoms with E-state index >= 15 is 0 Å². The Bertz CT molecular complexity index is 289. The van der Waals surface area contributed by atoms with Crippen molar-refractivity contribution in [1.82, 2.24) is 10.2 Å². The van der Waals surface area contributed by atoms with Crippen LogP contribution in [0.15, 0.2) is 0 Å². The molecule has 0 bridgehead atoms. The first-order valence-corrected chi connectivity index (χ1v) is 5.52. The van der Waals surface area contributed by atoms with Crippen molar-refractivity contribution < 1.29 is 14.7 Å². The average Bonchev–Trinajstić information content (AvgIpc) is 2.46. The van der Waals surface area contributed by atoms with E-state index in [1.165, 1.54) is 0 Å². The summed E-state index contributed by atoms with van der Waals surface area (Å²) in [7, 11) is 1.70. The Morgan fingerprint density at radius 3 is 2.69 bits per heavy atom. The van der Waals surface area contributed by atoms with E-state index in [1.807, 2.05) is 13.8 Å². The van der Waals surface area contributed by atoms with Gasteiger partial charge in [0.15, 0.2) is 0 Å². The van der Waals surface area contributed by atoms with E-state index in [9.17, 15) is 9.59 Å². The molecule has 1 aliphatic heterocycles. The fourth-order valence-electron chi connectivity index (χ4n) is 1.82. The van der Waals surface area contributed by atoms with Gasteiger partial charge in [0.25, 0.3) is 0 Å². The van der Waals surface area contributed by atoms with Gasteiger partial charge in [-0.25, -0.2) is 0 Å². The lowest BCUT2D eigenvalue weighted by Gasteiger charge is -2.26. The van der Waals surface area contributed by atoms with Crippen LogP contribution in [0.3, 0.4) is 0 Å². The molecule has 0 aromatic rings. The molecule has 0 aromatic carbocycles. The van der Waals surface area contributed by atoms with E-state index in [-0.39, 0.29) is 30.8 Å². The maximum atomic E-state index is 11.9. The van der Waals surface area contributed by atoms with Crippen molar-refractivity contribution in [2.24, 2.45) is 5.92 Å². The Hall–Kier alpha value is -1.10. The van der Waals surface area contributed by atoms with Crippen LogP contribution in [0.25, 0.3) is 0 Å². The topological polar surface area (TPSA) is 69.6 Å². The summed E-state index contributed by atoms with van der Waals surface area (Å²) in [5.74, 6) is -0.341. The molecule has 16 heavy (non-hydrogen) atoms. The summed E-state index contributed by atoms with van der Waals surface area (Å²) in [5.41, 5.74) is -0.421. The molecule has 1 unspecified atom stereocenters. The minimum absolute atomic E-state index is 0.0140. The highest BCUT2D eigenvalue weighted by molar-refractivity contribution is 5.89. The predicted octanol–water partition coefficient (Wildman–Crippen LogP) is -0.258. The van der Waals surface area contributed by atoms with Crippen molar-refractivity contribution in [3.8, 4) is 0 Å². The van der Waals surface area contributed by atoms with Gasteiger partial charge in [-0.15, -0.1) is 0 Å². The summed E-state index contributed by atoms with van der Waals surface area (Å²) < 4.78 is 0. The van der Waals surface area contributed by atoms with Gasteiger partial charge < -0.3 is 15.3 Å². The van der Waals surface area contributed by atoms with Crippen molar-refractivity contribution in [2.75, 3.05) is 20.2 Å². The lowest BCUT2D eigenvalue weighted by molar-refractivity contribution is -0.129. The van der Waals surface area contributed by atoms with Crippen molar-refractivity contribution in [3.05, 3.63) is 0 Å². The molecule has 0 aromatic heterocycles. The van der Waals surface area contributed by atoms with E-state index in [1.54, 1.807) is 11.9 Å². The van der Waals surface area contributed by atoms with Crippen molar-refractivity contribution in [1.29, 1.82) is 0 Å². The molecule has 0 spiro atoms. The summed E-state index contributed by atoms with van der Waals surface area (Å²) in [6.45, 7) is 4.25. The Balaban J connectivity index is 2.50. The standard InChI is InChI=1S/C11H20N2O3/c1-11(2,4-5-14)12-10(16)8-6-9(15)13(3)7-8/h8,14H,4-7H2,1-3H3,(H,12,16). The number of aliphatic hydroxyl groups is 1. The molecule has 0 aliphatic carbocycles. The molecule has 1 aliphatic rings. The Labute approximate surface area is 95.8 Å². The molecule has 2 amide bonds. The van der Waals surface area contributed by atoms with Gasteiger partial charge in [0, 0.05) is 32.2 Å². The number of hydrogen-bond acceptors (Lipinski definition) is 3. The lowest BCUT2D eigenvalue weighted by Crippen LogP contribution is -2.47. The summed E-state index contributed by atoms with van der Waals surface area (Å²) in [4.78, 5) is 24.7. The minimum atomic E-state index is -0.421. The van der Waals surface area contributed by atoms with Crippen LogP contribution in [0.1, 0.15) is 26.7 Å². The third kappa shape index (κ3) is 3.20. The van der Waals surface area contributed by atoms with Gasteiger partial charge in [0.05, 0.1) is 5.92 Å². The van der Waals surface area contributed by atoms with Crippen molar-refractivity contribution >= 4 is 11.8 Å². The van der Waals surface area contributed by atoms with Crippen LogP contribution < -0.4 is 5.32 Å². The second kappa shape index (κ2) is 4.82.